The van der Waals surface area contributed by atoms with Crippen LogP contribution < -0.4 is 5.32 Å². The average molecular weight is 485 g/mol. The van der Waals surface area contributed by atoms with Gasteiger partial charge in [0.25, 0.3) is 0 Å². The summed E-state index contributed by atoms with van der Waals surface area (Å²) >= 11 is 0. The number of aliphatic imine (C=N–C) groups is 1. The standard InChI is InChI=1S/C17H31N3O3S.HI/c1-14-4-7-20(8-5-14)17(19-12-16-3-2-9-23-16)18-11-15-6-10-24(21,22)13-15;/h14-16H,2-13H2,1H3,(H,18,19);1H. The third kappa shape index (κ3) is 6.53. The maximum atomic E-state index is 11.6. The van der Waals surface area contributed by atoms with Gasteiger partial charge in [0.2, 0.25) is 0 Å². The minimum absolute atomic E-state index is 0. The third-order valence-electron chi connectivity index (χ3n) is 5.42. The minimum Gasteiger partial charge on any atom is -0.376 e. The molecule has 25 heavy (non-hydrogen) atoms. The molecule has 2 unspecified atom stereocenters. The van der Waals surface area contributed by atoms with Gasteiger partial charge in [0, 0.05) is 32.8 Å². The highest BCUT2D eigenvalue weighted by atomic mass is 127. The number of guanidine groups is 1. The normalized spacial score (nSPS) is 30.3. The summed E-state index contributed by atoms with van der Waals surface area (Å²) in [5.41, 5.74) is 0. The smallest absolute Gasteiger partial charge is 0.194 e. The van der Waals surface area contributed by atoms with Gasteiger partial charge in [0.1, 0.15) is 0 Å². The van der Waals surface area contributed by atoms with Crippen molar-refractivity contribution in [3.63, 3.8) is 0 Å². The lowest BCUT2D eigenvalue weighted by Gasteiger charge is -2.33. The summed E-state index contributed by atoms with van der Waals surface area (Å²) in [6, 6.07) is 0. The first kappa shape index (κ1) is 21.2. The molecule has 146 valence electrons. The van der Waals surface area contributed by atoms with E-state index in [1.165, 1.54) is 12.8 Å². The van der Waals surface area contributed by atoms with Crippen molar-refractivity contribution in [2.75, 3.05) is 44.3 Å². The molecule has 0 radical (unpaired) electrons. The molecule has 3 fully saturated rings. The van der Waals surface area contributed by atoms with Crippen LogP contribution in [0.2, 0.25) is 0 Å². The van der Waals surface area contributed by atoms with Gasteiger partial charge in [-0.05, 0) is 43.9 Å². The van der Waals surface area contributed by atoms with Gasteiger partial charge in [-0.2, -0.15) is 0 Å². The molecular weight excluding hydrogens is 453 g/mol. The van der Waals surface area contributed by atoms with E-state index in [1.807, 2.05) is 0 Å². The van der Waals surface area contributed by atoms with Crippen LogP contribution >= 0.6 is 24.0 Å². The topological polar surface area (TPSA) is 71.0 Å². The van der Waals surface area contributed by atoms with Crippen molar-refractivity contribution in [2.45, 2.75) is 45.1 Å². The first-order valence-corrected chi connectivity index (χ1v) is 11.2. The molecule has 2 atom stereocenters. The number of hydrogen-bond acceptors (Lipinski definition) is 4. The predicted octanol–water partition coefficient (Wildman–Crippen LogP) is 1.90. The van der Waals surface area contributed by atoms with Crippen LogP contribution in [0, 0.1) is 11.8 Å². The molecule has 0 saturated carbocycles. The van der Waals surface area contributed by atoms with Crippen LogP contribution in [-0.2, 0) is 14.6 Å². The van der Waals surface area contributed by atoms with Crippen LogP contribution in [0.3, 0.4) is 0 Å². The summed E-state index contributed by atoms with van der Waals surface area (Å²) in [6.07, 6.45) is 5.67. The van der Waals surface area contributed by atoms with Crippen molar-refractivity contribution in [1.29, 1.82) is 0 Å². The monoisotopic (exact) mass is 485 g/mol. The van der Waals surface area contributed by atoms with Crippen molar-refractivity contribution in [1.82, 2.24) is 10.2 Å². The van der Waals surface area contributed by atoms with E-state index in [2.05, 4.69) is 17.1 Å². The molecule has 0 bridgehead atoms. The molecule has 0 amide bonds. The average Bonchev–Trinajstić information content (AvgIpc) is 3.18. The Balaban J connectivity index is 0.00000225. The van der Waals surface area contributed by atoms with E-state index in [1.54, 1.807) is 0 Å². The van der Waals surface area contributed by atoms with E-state index in [0.29, 0.717) is 18.1 Å². The molecule has 0 aromatic carbocycles. The van der Waals surface area contributed by atoms with E-state index in [0.717, 1.165) is 57.4 Å². The highest BCUT2D eigenvalue weighted by Crippen LogP contribution is 2.20. The van der Waals surface area contributed by atoms with Crippen LogP contribution in [0.5, 0.6) is 0 Å². The summed E-state index contributed by atoms with van der Waals surface area (Å²) in [5.74, 6) is 2.53. The molecular formula is C17H32IN3O3S. The molecule has 0 aromatic rings. The van der Waals surface area contributed by atoms with Gasteiger partial charge in [-0.3, -0.25) is 4.99 Å². The van der Waals surface area contributed by atoms with Crippen molar-refractivity contribution in [3.05, 3.63) is 0 Å². The Hall–Kier alpha value is -0.0900. The Morgan fingerprint density at radius 3 is 2.60 bits per heavy atom. The van der Waals surface area contributed by atoms with Crippen molar-refractivity contribution in [3.8, 4) is 0 Å². The zero-order chi connectivity index (χ0) is 17.0. The second kappa shape index (κ2) is 9.73. The first-order chi connectivity index (χ1) is 11.5. The number of sulfone groups is 1. The molecule has 0 aliphatic carbocycles. The van der Waals surface area contributed by atoms with Gasteiger partial charge >= 0.3 is 0 Å². The lowest BCUT2D eigenvalue weighted by molar-refractivity contribution is 0.113. The molecule has 3 aliphatic rings. The maximum absolute atomic E-state index is 11.6. The Kier molecular flexibility index (Phi) is 8.26. The van der Waals surface area contributed by atoms with E-state index in [9.17, 15) is 8.42 Å². The first-order valence-electron chi connectivity index (χ1n) is 9.37. The second-order valence-corrected chi connectivity index (χ2v) is 9.85. The van der Waals surface area contributed by atoms with Crippen LogP contribution in [0.4, 0.5) is 0 Å². The van der Waals surface area contributed by atoms with Gasteiger partial charge in [0.05, 0.1) is 17.6 Å². The highest BCUT2D eigenvalue weighted by Gasteiger charge is 2.28. The van der Waals surface area contributed by atoms with Crippen molar-refractivity contribution >= 4 is 39.8 Å². The van der Waals surface area contributed by atoms with Crippen LogP contribution in [-0.4, -0.2) is 69.7 Å². The maximum Gasteiger partial charge on any atom is 0.194 e. The molecule has 3 saturated heterocycles. The van der Waals surface area contributed by atoms with Crippen LogP contribution in [0.25, 0.3) is 0 Å². The number of ether oxygens (including phenoxy) is 1. The predicted molar refractivity (Wildman–Crippen MR) is 111 cm³/mol. The lowest BCUT2D eigenvalue weighted by atomic mass is 9.99. The Morgan fingerprint density at radius 1 is 1.24 bits per heavy atom. The molecule has 0 spiro atoms. The zero-order valence-electron chi connectivity index (χ0n) is 15.2. The van der Waals surface area contributed by atoms with E-state index < -0.39 is 9.84 Å². The number of hydrogen-bond donors (Lipinski definition) is 1. The zero-order valence-corrected chi connectivity index (χ0v) is 18.3. The largest absolute Gasteiger partial charge is 0.376 e. The number of nitrogens with one attached hydrogen (secondary N) is 1. The highest BCUT2D eigenvalue weighted by molar-refractivity contribution is 14.0. The summed E-state index contributed by atoms with van der Waals surface area (Å²) in [5, 5.41) is 3.49. The van der Waals surface area contributed by atoms with Gasteiger partial charge in [-0.1, -0.05) is 6.92 Å². The Labute approximate surface area is 169 Å². The molecule has 3 rings (SSSR count). The van der Waals surface area contributed by atoms with Gasteiger partial charge < -0.3 is 15.0 Å². The summed E-state index contributed by atoms with van der Waals surface area (Å²) < 4.78 is 29.0. The van der Waals surface area contributed by atoms with Gasteiger partial charge in [0.15, 0.2) is 15.8 Å². The fraction of sp³-hybridized carbons (Fsp3) is 0.941. The van der Waals surface area contributed by atoms with Gasteiger partial charge in [-0.15, -0.1) is 24.0 Å². The van der Waals surface area contributed by atoms with E-state index in [-0.39, 0.29) is 36.0 Å². The van der Waals surface area contributed by atoms with Crippen LogP contribution in [0.1, 0.15) is 39.0 Å². The Bertz CT molecular complexity index is 541. The minimum atomic E-state index is -2.82. The van der Waals surface area contributed by atoms with Gasteiger partial charge in [-0.25, -0.2) is 8.42 Å². The summed E-state index contributed by atoms with van der Waals surface area (Å²) in [4.78, 5) is 7.12. The summed E-state index contributed by atoms with van der Waals surface area (Å²) in [6.45, 7) is 6.63. The number of halogens is 1. The van der Waals surface area contributed by atoms with E-state index >= 15 is 0 Å². The molecule has 0 aromatic heterocycles. The lowest BCUT2D eigenvalue weighted by Crippen LogP contribution is -2.47. The molecule has 6 nitrogen and oxygen atoms in total. The number of rotatable bonds is 4. The number of likely N-dealkylation sites (tertiary alicyclic amines) is 1. The second-order valence-electron chi connectivity index (χ2n) is 7.62. The molecule has 3 heterocycles. The molecule has 3 aliphatic heterocycles. The quantitative estimate of drug-likeness (QED) is 0.374. The third-order valence-corrected chi connectivity index (χ3v) is 7.26. The molecule has 1 N–H and O–H groups in total. The number of piperidine rings is 1. The fourth-order valence-electron chi connectivity index (χ4n) is 3.73. The number of nitrogens with zero attached hydrogens (tertiary/aromatic N) is 2. The van der Waals surface area contributed by atoms with Crippen molar-refractivity contribution < 1.29 is 13.2 Å². The van der Waals surface area contributed by atoms with Crippen LogP contribution in [0.15, 0.2) is 4.99 Å². The van der Waals surface area contributed by atoms with Crippen molar-refractivity contribution in [2.24, 2.45) is 16.8 Å². The SMILES string of the molecule is CC1CCN(C(=NCC2CCS(=O)(=O)C2)NCC2CCCO2)CC1.I. The fourth-order valence-corrected chi connectivity index (χ4v) is 5.58. The molecule has 8 heteroatoms. The Morgan fingerprint density at radius 2 is 2.00 bits per heavy atom. The summed E-state index contributed by atoms with van der Waals surface area (Å²) in [7, 11) is -2.82. The van der Waals surface area contributed by atoms with E-state index in [4.69, 9.17) is 9.73 Å².